The molecule has 0 radical (unpaired) electrons. The number of allylic oxidation sites excluding steroid dienone is 2. The van der Waals surface area contributed by atoms with Crippen molar-refractivity contribution in [1.29, 1.82) is 0 Å². The first kappa shape index (κ1) is 13.0. The molecule has 0 aliphatic rings. The Hall–Kier alpha value is -1.08. The van der Waals surface area contributed by atoms with Gasteiger partial charge in [-0.2, -0.15) is 0 Å². The lowest BCUT2D eigenvalue weighted by Crippen LogP contribution is -2.40. The molecule has 0 aliphatic heterocycles. The van der Waals surface area contributed by atoms with E-state index in [-0.39, 0.29) is 11.5 Å². The molecule has 0 saturated heterocycles. The van der Waals surface area contributed by atoms with Gasteiger partial charge < -0.3 is 5.73 Å². The Kier molecular flexibility index (Phi) is 4.31. The van der Waals surface area contributed by atoms with E-state index in [2.05, 4.69) is 58.0 Å². The van der Waals surface area contributed by atoms with E-state index in [0.29, 0.717) is 0 Å². The standard InChI is InChI=1S/C15H23N/c1-12(2)10-11-15(4,13(3)16)14-8-6-5-7-9-14/h5-10,13H,11,16H2,1-4H3. The molecule has 1 nitrogen and oxygen atoms in total. The molecule has 16 heavy (non-hydrogen) atoms. The maximum absolute atomic E-state index is 6.16. The van der Waals surface area contributed by atoms with Crippen LogP contribution in [0.5, 0.6) is 0 Å². The van der Waals surface area contributed by atoms with E-state index in [1.165, 1.54) is 11.1 Å². The molecule has 0 heterocycles. The van der Waals surface area contributed by atoms with Crippen LogP contribution in [0.15, 0.2) is 42.0 Å². The van der Waals surface area contributed by atoms with Crippen LogP contribution < -0.4 is 5.73 Å². The average Bonchev–Trinajstić information content (AvgIpc) is 2.26. The summed E-state index contributed by atoms with van der Waals surface area (Å²) in [6.07, 6.45) is 3.27. The fourth-order valence-corrected chi connectivity index (χ4v) is 1.80. The molecule has 0 spiro atoms. The normalized spacial score (nSPS) is 16.3. The van der Waals surface area contributed by atoms with E-state index in [0.717, 1.165) is 6.42 Å². The zero-order valence-corrected chi connectivity index (χ0v) is 10.8. The number of hydrogen-bond donors (Lipinski definition) is 1. The van der Waals surface area contributed by atoms with Crippen molar-refractivity contribution in [3.63, 3.8) is 0 Å². The third-order valence-electron chi connectivity index (χ3n) is 3.37. The largest absolute Gasteiger partial charge is 0.327 e. The van der Waals surface area contributed by atoms with Gasteiger partial charge in [0.1, 0.15) is 0 Å². The van der Waals surface area contributed by atoms with Crippen molar-refractivity contribution in [3.8, 4) is 0 Å². The molecule has 2 N–H and O–H groups in total. The van der Waals surface area contributed by atoms with Crippen molar-refractivity contribution in [1.82, 2.24) is 0 Å². The van der Waals surface area contributed by atoms with Crippen LogP contribution in [0, 0.1) is 0 Å². The molecule has 0 fully saturated rings. The summed E-state index contributed by atoms with van der Waals surface area (Å²) in [5.74, 6) is 0. The second kappa shape index (κ2) is 5.31. The van der Waals surface area contributed by atoms with Crippen molar-refractivity contribution in [2.75, 3.05) is 0 Å². The molecule has 2 unspecified atom stereocenters. The van der Waals surface area contributed by atoms with Gasteiger partial charge in [0.05, 0.1) is 0 Å². The monoisotopic (exact) mass is 217 g/mol. The van der Waals surface area contributed by atoms with Crippen LogP contribution in [0.1, 0.15) is 39.7 Å². The van der Waals surface area contributed by atoms with Crippen molar-refractivity contribution < 1.29 is 0 Å². The molecule has 0 aliphatic carbocycles. The molecule has 0 bridgehead atoms. The SMILES string of the molecule is CC(C)=CCC(C)(c1ccccc1)C(C)N. The second-order valence-electron chi connectivity index (χ2n) is 5.06. The first-order valence-corrected chi connectivity index (χ1v) is 5.91. The van der Waals surface area contributed by atoms with Crippen LogP contribution in [0.3, 0.4) is 0 Å². The van der Waals surface area contributed by atoms with Crippen molar-refractivity contribution in [2.24, 2.45) is 5.73 Å². The molecule has 1 aromatic rings. The first-order chi connectivity index (χ1) is 7.47. The highest BCUT2D eigenvalue weighted by atomic mass is 14.7. The van der Waals surface area contributed by atoms with Gasteiger partial charge >= 0.3 is 0 Å². The molecule has 0 saturated carbocycles. The first-order valence-electron chi connectivity index (χ1n) is 5.91. The quantitative estimate of drug-likeness (QED) is 0.765. The van der Waals surface area contributed by atoms with E-state index in [1.807, 2.05) is 6.07 Å². The molecule has 0 aromatic heterocycles. The summed E-state index contributed by atoms with van der Waals surface area (Å²) in [5, 5.41) is 0. The predicted octanol–water partition coefficient (Wildman–Crippen LogP) is 3.65. The minimum Gasteiger partial charge on any atom is -0.327 e. The summed E-state index contributed by atoms with van der Waals surface area (Å²) in [5.41, 5.74) is 8.86. The minimum absolute atomic E-state index is 0.0263. The second-order valence-corrected chi connectivity index (χ2v) is 5.06. The lowest BCUT2D eigenvalue weighted by atomic mass is 9.74. The highest BCUT2D eigenvalue weighted by molar-refractivity contribution is 5.27. The van der Waals surface area contributed by atoms with Gasteiger partial charge in [-0.3, -0.25) is 0 Å². The molecule has 1 aromatic carbocycles. The summed E-state index contributed by atoms with van der Waals surface area (Å²) < 4.78 is 0. The van der Waals surface area contributed by atoms with Gasteiger partial charge in [-0.1, -0.05) is 48.9 Å². The number of rotatable bonds is 4. The van der Waals surface area contributed by atoms with Gasteiger partial charge in [0.25, 0.3) is 0 Å². The van der Waals surface area contributed by atoms with Crippen LogP contribution in [0.2, 0.25) is 0 Å². The smallest absolute Gasteiger partial charge is 0.0108 e. The minimum atomic E-state index is 0.0263. The zero-order valence-electron chi connectivity index (χ0n) is 10.8. The summed E-state index contributed by atoms with van der Waals surface area (Å²) in [7, 11) is 0. The van der Waals surface area contributed by atoms with Crippen LogP contribution in [-0.2, 0) is 5.41 Å². The molecular formula is C15H23N. The summed E-state index contributed by atoms with van der Waals surface area (Å²) in [6.45, 7) is 8.59. The Labute approximate surface area is 99.4 Å². The zero-order chi connectivity index (χ0) is 12.2. The van der Waals surface area contributed by atoms with Crippen LogP contribution in [-0.4, -0.2) is 6.04 Å². The average molecular weight is 217 g/mol. The molecule has 2 atom stereocenters. The van der Waals surface area contributed by atoms with Gasteiger partial charge in [0, 0.05) is 11.5 Å². The fraction of sp³-hybridized carbons (Fsp3) is 0.467. The van der Waals surface area contributed by atoms with Crippen LogP contribution in [0.4, 0.5) is 0 Å². The summed E-state index contributed by atoms with van der Waals surface area (Å²) >= 11 is 0. The Bertz CT molecular complexity index is 347. The number of hydrogen-bond acceptors (Lipinski definition) is 1. The maximum atomic E-state index is 6.16. The third kappa shape index (κ3) is 2.96. The molecule has 0 amide bonds. The topological polar surface area (TPSA) is 26.0 Å². The van der Waals surface area contributed by atoms with Gasteiger partial charge in [0.15, 0.2) is 0 Å². The third-order valence-corrected chi connectivity index (χ3v) is 3.37. The van der Waals surface area contributed by atoms with E-state index in [1.54, 1.807) is 0 Å². The van der Waals surface area contributed by atoms with E-state index >= 15 is 0 Å². The highest BCUT2D eigenvalue weighted by Gasteiger charge is 2.29. The molecular weight excluding hydrogens is 194 g/mol. The van der Waals surface area contributed by atoms with Gasteiger partial charge in [-0.25, -0.2) is 0 Å². The fourth-order valence-electron chi connectivity index (χ4n) is 1.80. The van der Waals surface area contributed by atoms with Crippen molar-refractivity contribution >= 4 is 0 Å². The van der Waals surface area contributed by atoms with Crippen molar-refractivity contribution in [2.45, 2.75) is 45.6 Å². The lowest BCUT2D eigenvalue weighted by molar-refractivity contribution is 0.397. The van der Waals surface area contributed by atoms with Crippen LogP contribution >= 0.6 is 0 Å². The number of benzene rings is 1. The maximum Gasteiger partial charge on any atom is 0.0108 e. The lowest BCUT2D eigenvalue weighted by Gasteiger charge is -2.33. The Morgan fingerprint density at radius 3 is 2.31 bits per heavy atom. The molecule has 1 heteroatoms. The predicted molar refractivity (Wildman–Crippen MR) is 71.5 cm³/mol. The van der Waals surface area contributed by atoms with Gasteiger partial charge in [-0.05, 0) is 32.8 Å². The van der Waals surface area contributed by atoms with Crippen LogP contribution in [0.25, 0.3) is 0 Å². The summed E-state index contributed by atoms with van der Waals surface area (Å²) in [6, 6.07) is 10.7. The molecule has 88 valence electrons. The highest BCUT2D eigenvalue weighted by Crippen LogP contribution is 2.31. The Balaban J connectivity index is 3.02. The van der Waals surface area contributed by atoms with E-state index in [4.69, 9.17) is 5.73 Å². The van der Waals surface area contributed by atoms with E-state index in [9.17, 15) is 0 Å². The van der Waals surface area contributed by atoms with Gasteiger partial charge in [0.2, 0.25) is 0 Å². The van der Waals surface area contributed by atoms with Gasteiger partial charge in [-0.15, -0.1) is 0 Å². The Morgan fingerprint density at radius 1 is 1.31 bits per heavy atom. The summed E-state index contributed by atoms with van der Waals surface area (Å²) in [4.78, 5) is 0. The number of nitrogens with two attached hydrogens (primary N) is 1. The Morgan fingerprint density at radius 2 is 1.88 bits per heavy atom. The van der Waals surface area contributed by atoms with E-state index < -0.39 is 0 Å². The molecule has 1 rings (SSSR count). The van der Waals surface area contributed by atoms with Crippen molar-refractivity contribution in [3.05, 3.63) is 47.5 Å².